The maximum atomic E-state index is 10.3. The van der Waals surface area contributed by atoms with Crippen molar-refractivity contribution in [3.05, 3.63) is 28.8 Å². The number of aryl methyl sites for hydroxylation is 1. The first kappa shape index (κ1) is 11.1. The monoisotopic (exact) mass is 232 g/mol. The number of rotatable bonds is 2. The van der Waals surface area contributed by atoms with Crippen LogP contribution in [0.4, 0.5) is 0 Å². The summed E-state index contributed by atoms with van der Waals surface area (Å²) in [6.45, 7) is 5.17. The second-order valence-electron chi connectivity index (χ2n) is 5.09. The highest BCUT2D eigenvalue weighted by Crippen LogP contribution is 2.33. The van der Waals surface area contributed by atoms with Crippen molar-refractivity contribution in [2.24, 2.45) is 0 Å². The number of hydrogen-bond donors (Lipinski definition) is 2. The normalized spacial score (nSPS) is 20.5. The Kier molecular flexibility index (Phi) is 3.04. The number of piperazine rings is 1. The summed E-state index contributed by atoms with van der Waals surface area (Å²) in [6, 6.07) is 4.32. The molecular formula is C14H20N2O. The van der Waals surface area contributed by atoms with Crippen LogP contribution in [0, 0.1) is 0 Å². The molecule has 0 saturated carbocycles. The van der Waals surface area contributed by atoms with Crippen molar-refractivity contribution in [2.45, 2.75) is 25.8 Å². The number of phenolic OH excluding ortho intramolecular Hbond substituents is 1. The smallest absolute Gasteiger partial charge is 0.123 e. The lowest BCUT2D eigenvalue weighted by Gasteiger charge is -2.27. The summed E-state index contributed by atoms with van der Waals surface area (Å²) in [5.41, 5.74) is 3.66. The van der Waals surface area contributed by atoms with Gasteiger partial charge in [-0.2, -0.15) is 0 Å². The topological polar surface area (TPSA) is 35.5 Å². The fourth-order valence-corrected chi connectivity index (χ4v) is 2.93. The molecule has 92 valence electrons. The molecule has 3 rings (SSSR count). The first-order chi connectivity index (χ1) is 8.34. The van der Waals surface area contributed by atoms with Crippen LogP contribution < -0.4 is 5.32 Å². The van der Waals surface area contributed by atoms with Gasteiger partial charge in [-0.1, -0.05) is 12.1 Å². The Bertz CT molecular complexity index is 411. The lowest BCUT2D eigenvalue weighted by molar-refractivity contribution is 0.230. The summed E-state index contributed by atoms with van der Waals surface area (Å²) in [4.78, 5) is 2.41. The molecule has 2 N–H and O–H groups in total. The number of fused-ring (bicyclic) bond motifs is 1. The highest BCUT2D eigenvalue weighted by atomic mass is 16.3. The van der Waals surface area contributed by atoms with E-state index in [-0.39, 0.29) is 0 Å². The Balaban J connectivity index is 1.78. The zero-order valence-corrected chi connectivity index (χ0v) is 10.2. The number of nitrogens with one attached hydrogen (secondary N) is 1. The Morgan fingerprint density at radius 2 is 2.00 bits per heavy atom. The van der Waals surface area contributed by atoms with Crippen molar-refractivity contribution in [1.29, 1.82) is 0 Å². The van der Waals surface area contributed by atoms with E-state index in [9.17, 15) is 5.11 Å². The van der Waals surface area contributed by atoms with Gasteiger partial charge in [0.15, 0.2) is 0 Å². The van der Waals surface area contributed by atoms with E-state index in [0.717, 1.165) is 51.1 Å². The maximum absolute atomic E-state index is 10.3. The molecule has 3 heteroatoms. The number of aromatic hydroxyl groups is 1. The average molecular weight is 232 g/mol. The maximum Gasteiger partial charge on any atom is 0.123 e. The summed E-state index contributed by atoms with van der Waals surface area (Å²) in [7, 11) is 0. The van der Waals surface area contributed by atoms with Gasteiger partial charge in [0.25, 0.3) is 0 Å². The van der Waals surface area contributed by atoms with E-state index in [0.29, 0.717) is 5.75 Å². The Morgan fingerprint density at radius 1 is 1.18 bits per heavy atom. The van der Waals surface area contributed by atoms with Crippen LogP contribution in [0.2, 0.25) is 0 Å². The quantitative estimate of drug-likeness (QED) is 0.806. The molecule has 3 nitrogen and oxygen atoms in total. The fraction of sp³-hybridized carbons (Fsp3) is 0.571. The van der Waals surface area contributed by atoms with Crippen molar-refractivity contribution in [3.63, 3.8) is 0 Å². The molecule has 1 heterocycles. The third-order valence-electron chi connectivity index (χ3n) is 3.94. The van der Waals surface area contributed by atoms with E-state index in [1.165, 1.54) is 17.5 Å². The van der Waals surface area contributed by atoms with Gasteiger partial charge in [0, 0.05) is 38.3 Å². The minimum absolute atomic E-state index is 0.568. The van der Waals surface area contributed by atoms with Gasteiger partial charge >= 0.3 is 0 Å². The van der Waals surface area contributed by atoms with Crippen LogP contribution in [0.1, 0.15) is 23.1 Å². The predicted octanol–water partition coefficient (Wildman–Crippen LogP) is 1.29. The van der Waals surface area contributed by atoms with E-state index >= 15 is 0 Å². The first-order valence-electron chi connectivity index (χ1n) is 6.60. The van der Waals surface area contributed by atoms with Crippen LogP contribution >= 0.6 is 0 Å². The third-order valence-corrected chi connectivity index (χ3v) is 3.94. The standard InChI is InChI=1S/C14H20N2O/c17-14-12(10-16-8-6-15-7-9-16)5-4-11-2-1-3-13(11)14/h4-5,15,17H,1-3,6-10H2. The van der Waals surface area contributed by atoms with Gasteiger partial charge < -0.3 is 10.4 Å². The molecule has 1 fully saturated rings. The van der Waals surface area contributed by atoms with E-state index < -0.39 is 0 Å². The summed E-state index contributed by atoms with van der Waals surface area (Å²) in [5.74, 6) is 0.568. The molecule has 2 aliphatic rings. The van der Waals surface area contributed by atoms with Crippen LogP contribution in [0.3, 0.4) is 0 Å². The van der Waals surface area contributed by atoms with Crippen LogP contribution in [-0.2, 0) is 19.4 Å². The van der Waals surface area contributed by atoms with E-state index in [1.54, 1.807) is 0 Å². The molecule has 17 heavy (non-hydrogen) atoms. The molecular weight excluding hydrogens is 212 g/mol. The van der Waals surface area contributed by atoms with Crippen LogP contribution in [-0.4, -0.2) is 36.2 Å². The highest BCUT2D eigenvalue weighted by Gasteiger charge is 2.19. The summed E-state index contributed by atoms with van der Waals surface area (Å²) in [6.07, 6.45) is 3.38. The second kappa shape index (κ2) is 4.67. The minimum Gasteiger partial charge on any atom is -0.507 e. The molecule has 0 amide bonds. The van der Waals surface area contributed by atoms with Gasteiger partial charge in [-0.05, 0) is 30.4 Å². The molecule has 1 saturated heterocycles. The minimum atomic E-state index is 0.568. The Morgan fingerprint density at radius 3 is 2.82 bits per heavy atom. The van der Waals surface area contributed by atoms with E-state index in [2.05, 4.69) is 22.3 Å². The van der Waals surface area contributed by atoms with Crippen LogP contribution in [0.15, 0.2) is 12.1 Å². The van der Waals surface area contributed by atoms with Gasteiger partial charge in [-0.15, -0.1) is 0 Å². The number of benzene rings is 1. The second-order valence-corrected chi connectivity index (χ2v) is 5.09. The number of nitrogens with zero attached hydrogens (tertiary/aromatic N) is 1. The van der Waals surface area contributed by atoms with Gasteiger partial charge in [-0.25, -0.2) is 0 Å². The van der Waals surface area contributed by atoms with Gasteiger partial charge in [0.05, 0.1) is 0 Å². The van der Waals surface area contributed by atoms with Gasteiger partial charge in [0.1, 0.15) is 5.75 Å². The molecule has 1 aliphatic carbocycles. The molecule has 1 aromatic carbocycles. The summed E-state index contributed by atoms with van der Waals surface area (Å²) >= 11 is 0. The SMILES string of the molecule is Oc1c(CN2CCNCC2)ccc2c1CCC2. The van der Waals surface area contributed by atoms with Gasteiger partial charge in [0.2, 0.25) is 0 Å². The Hall–Kier alpha value is -1.06. The van der Waals surface area contributed by atoms with Crippen molar-refractivity contribution < 1.29 is 5.11 Å². The van der Waals surface area contributed by atoms with Crippen LogP contribution in [0.25, 0.3) is 0 Å². The Labute approximate surface area is 102 Å². The predicted molar refractivity (Wildman–Crippen MR) is 68.3 cm³/mol. The molecule has 0 bridgehead atoms. The van der Waals surface area contributed by atoms with E-state index in [1.807, 2.05) is 0 Å². The average Bonchev–Trinajstić information content (AvgIpc) is 2.83. The summed E-state index contributed by atoms with van der Waals surface area (Å²) < 4.78 is 0. The number of hydrogen-bond acceptors (Lipinski definition) is 3. The largest absolute Gasteiger partial charge is 0.507 e. The zero-order valence-electron chi connectivity index (χ0n) is 10.2. The lowest BCUT2D eigenvalue weighted by Crippen LogP contribution is -2.42. The molecule has 1 aromatic rings. The van der Waals surface area contributed by atoms with Crippen molar-refractivity contribution in [3.8, 4) is 5.75 Å². The van der Waals surface area contributed by atoms with Crippen molar-refractivity contribution in [2.75, 3.05) is 26.2 Å². The van der Waals surface area contributed by atoms with Crippen molar-refractivity contribution in [1.82, 2.24) is 10.2 Å². The zero-order chi connectivity index (χ0) is 11.7. The molecule has 0 unspecified atom stereocenters. The molecule has 0 spiro atoms. The number of phenols is 1. The lowest BCUT2D eigenvalue weighted by atomic mass is 10.0. The summed E-state index contributed by atoms with van der Waals surface area (Å²) in [5, 5.41) is 13.7. The molecule has 0 radical (unpaired) electrons. The highest BCUT2D eigenvalue weighted by molar-refractivity contribution is 5.47. The first-order valence-corrected chi connectivity index (χ1v) is 6.60. The van der Waals surface area contributed by atoms with Crippen LogP contribution in [0.5, 0.6) is 5.75 Å². The molecule has 0 aromatic heterocycles. The molecule has 1 aliphatic heterocycles. The molecule has 0 atom stereocenters. The third kappa shape index (κ3) is 2.17. The fourth-order valence-electron chi connectivity index (χ4n) is 2.93. The van der Waals surface area contributed by atoms with E-state index in [4.69, 9.17) is 0 Å². The van der Waals surface area contributed by atoms with Crippen molar-refractivity contribution >= 4 is 0 Å². The van der Waals surface area contributed by atoms with Gasteiger partial charge in [-0.3, -0.25) is 4.90 Å².